The normalized spacial score (nSPS) is 20.3. The summed E-state index contributed by atoms with van der Waals surface area (Å²) in [5.74, 6) is -2.36. The average Bonchev–Trinajstić information content (AvgIpc) is 3.02. The van der Waals surface area contributed by atoms with Gasteiger partial charge in [0.1, 0.15) is 11.3 Å². The summed E-state index contributed by atoms with van der Waals surface area (Å²) in [6.45, 7) is 0.363. The van der Waals surface area contributed by atoms with Gasteiger partial charge in [0.2, 0.25) is 21.8 Å². The Labute approximate surface area is 206 Å². The van der Waals surface area contributed by atoms with Gasteiger partial charge in [0.25, 0.3) is 11.8 Å². The highest BCUT2D eigenvalue weighted by Gasteiger charge is 2.45. The van der Waals surface area contributed by atoms with Gasteiger partial charge in [-0.2, -0.15) is 0 Å². The minimum Gasteiger partial charge on any atom is -0.465 e. The molecule has 14 nitrogen and oxygen atoms in total. The zero-order valence-corrected chi connectivity index (χ0v) is 19.9. The molecule has 0 aliphatic carbocycles. The number of imide groups is 2. The molecule has 3 aliphatic heterocycles. The predicted octanol–water partition coefficient (Wildman–Crippen LogP) is -1.20. The van der Waals surface area contributed by atoms with Crippen LogP contribution in [0.2, 0.25) is 0 Å². The number of amides is 5. The molecule has 0 aromatic heterocycles. The lowest BCUT2D eigenvalue weighted by Crippen LogP contribution is -2.59. The zero-order chi connectivity index (χ0) is 26.0. The summed E-state index contributed by atoms with van der Waals surface area (Å²) < 4.78 is 32.0. The van der Waals surface area contributed by atoms with Crippen LogP contribution < -0.4 is 15.4 Å². The maximum atomic E-state index is 13.0. The fourth-order valence-electron chi connectivity index (χ4n) is 4.19. The number of carbonyl (C=O) groups is 5. The van der Waals surface area contributed by atoms with Crippen molar-refractivity contribution in [1.29, 1.82) is 0 Å². The second-order valence-corrected chi connectivity index (χ2v) is 10.5. The van der Waals surface area contributed by atoms with E-state index in [-0.39, 0.29) is 63.4 Å². The first-order valence-corrected chi connectivity index (χ1v) is 12.8. The number of rotatable bonds is 10. The molecule has 0 bridgehead atoms. The van der Waals surface area contributed by atoms with Gasteiger partial charge in [0.05, 0.1) is 24.3 Å². The van der Waals surface area contributed by atoms with Crippen LogP contribution in [0.1, 0.15) is 33.6 Å². The van der Waals surface area contributed by atoms with Crippen LogP contribution in [0.5, 0.6) is 0 Å². The number of likely N-dealkylation sites (tertiary alicyclic amines) is 1. The molecular weight excluding hydrogens is 498 g/mol. The fraction of sp³-hybridized carbons (Fsp3) is 0.476. The predicted molar refractivity (Wildman–Crippen MR) is 123 cm³/mol. The SMILES string of the molecule is O=C1CCC(N2C(=O)c3cccc(NCCOCCNS(=O)(=O)C4CN(C(=O)O)C4)c3C2=O)C(=O)N1. The molecule has 1 unspecified atom stereocenters. The van der Waals surface area contributed by atoms with Crippen LogP contribution in [0.3, 0.4) is 0 Å². The third-order valence-electron chi connectivity index (χ3n) is 6.14. The molecule has 15 heteroatoms. The van der Waals surface area contributed by atoms with Gasteiger partial charge in [-0.1, -0.05) is 6.07 Å². The fourth-order valence-corrected chi connectivity index (χ4v) is 5.54. The van der Waals surface area contributed by atoms with Crippen LogP contribution in [-0.2, 0) is 24.3 Å². The zero-order valence-electron chi connectivity index (χ0n) is 19.1. The Bertz CT molecular complexity index is 1210. The Morgan fingerprint density at radius 1 is 1.11 bits per heavy atom. The first kappa shape index (κ1) is 25.5. The van der Waals surface area contributed by atoms with E-state index in [1.165, 1.54) is 6.07 Å². The lowest BCUT2D eigenvalue weighted by molar-refractivity contribution is -0.136. The number of ether oxygens (including phenoxy) is 1. The molecule has 0 spiro atoms. The van der Waals surface area contributed by atoms with Crippen LogP contribution in [0.15, 0.2) is 18.2 Å². The monoisotopic (exact) mass is 523 g/mol. The van der Waals surface area contributed by atoms with Crippen molar-refractivity contribution in [2.24, 2.45) is 0 Å². The number of sulfonamides is 1. The van der Waals surface area contributed by atoms with Crippen molar-refractivity contribution < 1.29 is 42.2 Å². The molecule has 5 amide bonds. The largest absolute Gasteiger partial charge is 0.465 e. The number of fused-ring (bicyclic) bond motifs is 1. The van der Waals surface area contributed by atoms with Crippen molar-refractivity contribution in [2.75, 3.05) is 44.7 Å². The lowest BCUT2D eigenvalue weighted by atomic mass is 10.0. The molecule has 4 rings (SSSR count). The van der Waals surface area contributed by atoms with E-state index >= 15 is 0 Å². The van der Waals surface area contributed by atoms with Gasteiger partial charge in [0, 0.05) is 38.3 Å². The Morgan fingerprint density at radius 3 is 2.53 bits per heavy atom. The Morgan fingerprint density at radius 2 is 1.83 bits per heavy atom. The number of hydrogen-bond acceptors (Lipinski definition) is 9. The van der Waals surface area contributed by atoms with E-state index in [2.05, 4.69) is 15.4 Å². The molecule has 194 valence electrons. The number of nitrogens with one attached hydrogen (secondary N) is 3. The second kappa shape index (κ2) is 10.2. The lowest BCUT2D eigenvalue weighted by Gasteiger charge is -2.36. The quantitative estimate of drug-likeness (QED) is 0.214. The minimum absolute atomic E-state index is 0.0144. The van der Waals surface area contributed by atoms with Gasteiger partial charge in [0.15, 0.2) is 0 Å². The molecule has 2 saturated heterocycles. The van der Waals surface area contributed by atoms with Gasteiger partial charge in [-0.25, -0.2) is 17.9 Å². The van der Waals surface area contributed by atoms with Gasteiger partial charge >= 0.3 is 6.09 Å². The number of anilines is 1. The number of hydrogen-bond donors (Lipinski definition) is 4. The smallest absolute Gasteiger partial charge is 0.407 e. The summed E-state index contributed by atoms with van der Waals surface area (Å²) in [4.78, 5) is 62.1. The Hall–Kier alpha value is -3.56. The third kappa shape index (κ3) is 5.03. The van der Waals surface area contributed by atoms with E-state index < -0.39 is 51.0 Å². The number of benzene rings is 1. The topological polar surface area (TPSA) is 192 Å². The van der Waals surface area contributed by atoms with Crippen LogP contribution in [0, 0.1) is 0 Å². The highest BCUT2D eigenvalue weighted by atomic mass is 32.2. The molecule has 3 aliphatic rings. The third-order valence-corrected chi connectivity index (χ3v) is 7.92. The van der Waals surface area contributed by atoms with E-state index in [9.17, 15) is 32.4 Å². The number of piperidine rings is 1. The molecule has 1 aromatic rings. The van der Waals surface area contributed by atoms with E-state index in [0.29, 0.717) is 5.69 Å². The molecule has 3 heterocycles. The van der Waals surface area contributed by atoms with Crippen LogP contribution in [0.25, 0.3) is 0 Å². The summed E-state index contributed by atoms with van der Waals surface area (Å²) >= 11 is 0. The minimum atomic E-state index is -3.64. The van der Waals surface area contributed by atoms with Crippen molar-refractivity contribution in [1.82, 2.24) is 19.8 Å². The van der Waals surface area contributed by atoms with Crippen LogP contribution in [-0.4, -0.2) is 104 Å². The van der Waals surface area contributed by atoms with Crippen LogP contribution in [0.4, 0.5) is 10.5 Å². The van der Waals surface area contributed by atoms with Gasteiger partial charge in [-0.15, -0.1) is 0 Å². The molecule has 1 aromatic carbocycles. The first-order valence-electron chi connectivity index (χ1n) is 11.2. The maximum Gasteiger partial charge on any atom is 0.407 e. The van der Waals surface area contributed by atoms with E-state index in [4.69, 9.17) is 9.84 Å². The Balaban J connectivity index is 1.24. The van der Waals surface area contributed by atoms with Crippen molar-refractivity contribution in [3.8, 4) is 0 Å². The van der Waals surface area contributed by atoms with E-state index in [1.54, 1.807) is 12.1 Å². The molecule has 0 radical (unpaired) electrons. The Kier molecular flexibility index (Phi) is 7.23. The van der Waals surface area contributed by atoms with Gasteiger partial charge in [-0.05, 0) is 18.6 Å². The maximum absolute atomic E-state index is 13.0. The van der Waals surface area contributed by atoms with Crippen molar-refractivity contribution in [2.45, 2.75) is 24.1 Å². The number of nitrogens with zero attached hydrogens (tertiary/aromatic N) is 2. The van der Waals surface area contributed by atoms with Gasteiger partial charge < -0.3 is 20.1 Å². The summed E-state index contributed by atoms with van der Waals surface area (Å²) in [6.07, 6.45) is -1.06. The first-order chi connectivity index (χ1) is 17.1. The molecule has 2 fully saturated rings. The standard InChI is InChI=1S/C21H25N5O9S/c27-16-5-4-15(18(28)24-16)26-19(29)13-2-1-3-14(17(13)20(26)30)22-6-8-35-9-7-23-36(33,34)12-10-25(11-12)21(31)32/h1-3,12,15,22-23H,4-11H2,(H,31,32)(H,24,27,28). The highest BCUT2D eigenvalue weighted by Crippen LogP contribution is 2.32. The second-order valence-electron chi connectivity index (χ2n) is 8.46. The van der Waals surface area contributed by atoms with E-state index in [0.717, 1.165) is 9.80 Å². The van der Waals surface area contributed by atoms with E-state index in [1.807, 2.05) is 0 Å². The summed E-state index contributed by atoms with van der Waals surface area (Å²) in [7, 11) is -3.64. The molecule has 0 saturated carbocycles. The highest BCUT2D eigenvalue weighted by molar-refractivity contribution is 7.90. The van der Waals surface area contributed by atoms with Crippen molar-refractivity contribution in [3.63, 3.8) is 0 Å². The molecule has 4 N–H and O–H groups in total. The summed E-state index contributed by atoms with van der Waals surface area (Å²) in [5.41, 5.74) is 0.677. The molecule has 36 heavy (non-hydrogen) atoms. The van der Waals surface area contributed by atoms with Crippen LogP contribution >= 0.6 is 0 Å². The van der Waals surface area contributed by atoms with Crippen molar-refractivity contribution in [3.05, 3.63) is 29.3 Å². The summed E-state index contributed by atoms with van der Waals surface area (Å²) in [5, 5.41) is 13.2. The molecular formula is C21H25N5O9S. The number of carboxylic acid groups (broad SMARTS) is 1. The summed E-state index contributed by atoms with van der Waals surface area (Å²) in [6, 6.07) is 3.65. The average molecular weight is 524 g/mol. The van der Waals surface area contributed by atoms with Gasteiger partial charge in [-0.3, -0.25) is 29.4 Å². The van der Waals surface area contributed by atoms with Crippen molar-refractivity contribution >= 4 is 45.4 Å². The molecule has 1 atom stereocenters. The number of carbonyl (C=O) groups excluding carboxylic acids is 4.